The van der Waals surface area contributed by atoms with Crippen molar-refractivity contribution in [2.24, 2.45) is 0 Å². The number of fused-ring (bicyclic) bond motifs is 1. The average Bonchev–Trinajstić information content (AvgIpc) is 2.54. The Morgan fingerprint density at radius 2 is 2.09 bits per heavy atom. The standard InChI is InChI=1S/C16H16N4O3/c1-10-15(22)20(2)12-8-11(4-5-13(12)23-10)9-14(21)19-16-17-6-3-7-18-16/h3-8,10H,9H2,1-2H3,(H,17,18,19,21). The molecule has 1 unspecified atom stereocenters. The zero-order chi connectivity index (χ0) is 16.4. The van der Waals surface area contributed by atoms with Gasteiger partial charge in [-0.25, -0.2) is 9.97 Å². The summed E-state index contributed by atoms with van der Waals surface area (Å²) in [5, 5.41) is 2.62. The van der Waals surface area contributed by atoms with Crippen LogP contribution in [0, 0.1) is 0 Å². The van der Waals surface area contributed by atoms with Gasteiger partial charge in [-0.05, 0) is 30.7 Å². The molecule has 2 amide bonds. The number of anilines is 2. The van der Waals surface area contributed by atoms with Crippen LogP contribution < -0.4 is 15.0 Å². The molecule has 3 rings (SSSR count). The predicted octanol–water partition coefficient (Wildman–Crippen LogP) is 1.40. The van der Waals surface area contributed by atoms with Crippen molar-refractivity contribution in [2.45, 2.75) is 19.4 Å². The van der Waals surface area contributed by atoms with Gasteiger partial charge in [0.25, 0.3) is 5.91 Å². The molecule has 0 saturated carbocycles. The summed E-state index contributed by atoms with van der Waals surface area (Å²) in [4.78, 5) is 33.4. The number of carbonyl (C=O) groups is 2. The minimum absolute atomic E-state index is 0.114. The summed E-state index contributed by atoms with van der Waals surface area (Å²) in [5.41, 5.74) is 1.43. The Labute approximate surface area is 133 Å². The van der Waals surface area contributed by atoms with E-state index in [0.717, 1.165) is 5.56 Å². The van der Waals surface area contributed by atoms with Gasteiger partial charge < -0.3 is 9.64 Å². The molecular weight excluding hydrogens is 296 g/mol. The third-order valence-corrected chi connectivity index (χ3v) is 3.55. The number of rotatable bonds is 3. The summed E-state index contributed by atoms with van der Waals surface area (Å²) in [6, 6.07) is 7.04. The quantitative estimate of drug-likeness (QED) is 0.926. The van der Waals surface area contributed by atoms with Crippen molar-refractivity contribution in [1.82, 2.24) is 9.97 Å². The molecule has 118 valence electrons. The Balaban J connectivity index is 1.75. The number of likely N-dealkylation sites (N-methyl/N-ethyl adjacent to an activating group) is 1. The summed E-state index contributed by atoms with van der Waals surface area (Å²) >= 11 is 0. The molecule has 0 bridgehead atoms. The van der Waals surface area contributed by atoms with Crippen LogP contribution in [0.15, 0.2) is 36.7 Å². The second-order valence-corrected chi connectivity index (χ2v) is 5.26. The van der Waals surface area contributed by atoms with Gasteiger partial charge in [-0.1, -0.05) is 6.07 Å². The van der Waals surface area contributed by atoms with Crippen LogP contribution in [-0.2, 0) is 16.0 Å². The van der Waals surface area contributed by atoms with Crippen molar-refractivity contribution >= 4 is 23.5 Å². The number of nitrogens with zero attached hydrogens (tertiary/aromatic N) is 3. The van der Waals surface area contributed by atoms with Gasteiger partial charge in [0.05, 0.1) is 12.1 Å². The highest BCUT2D eigenvalue weighted by Gasteiger charge is 2.28. The van der Waals surface area contributed by atoms with E-state index in [4.69, 9.17) is 4.74 Å². The largest absolute Gasteiger partial charge is 0.479 e. The maximum absolute atomic E-state index is 12.0. The van der Waals surface area contributed by atoms with E-state index in [1.165, 1.54) is 0 Å². The summed E-state index contributed by atoms with van der Waals surface area (Å²) in [6.07, 6.45) is 2.77. The number of benzene rings is 1. The summed E-state index contributed by atoms with van der Waals surface area (Å²) < 4.78 is 5.56. The fourth-order valence-electron chi connectivity index (χ4n) is 2.38. The lowest BCUT2D eigenvalue weighted by Gasteiger charge is -2.30. The van der Waals surface area contributed by atoms with Crippen LogP contribution in [0.2, 0.25) is 0 Å². The lowest BCUT2D eigenvalue weighted by atomic mass is 10.1. The normalized spacial score (nSPS) is 16.5. The number of amides is 2. The third kappa shape index (κ3) is 3.13. The molecule has 1 atom stereocenters. The Hall–Kier alpha value is -2.96. The van der Waals surface area contributed by atoms with Gasteiger partial charge in [0, 0.05) is 19.4 Å². The number of carbonyl (C=O) groups excluding carboxylic acids is 2. The van der Waals surface area contributed by atoms with Crippen LogP contribution >= 0.6 is 0 Å². The van der Waals surface area contributed by atoms with E-state index in [2.05, 4.69) is 15.3 Å². The topological polar surface area (TPSA) is 84.4 Å². The summed E-state index contributed by atoms with van der Waals surface area (Å²) in [6.45, 7) is 1.71. The van der Waals surface area contributed by atoms with Gasteiger partial charge in [0.15, 0.2) is 6.10 Å². The maximum atomic E-state index is 12.0. The fourth-order valence-corrected chi connectivity index (χ4v) is 2.38. The smallest absolute Gasteiger partial charge is 0.267 e. The molecule has 1 aliphatic heterocycles. The van der Waals surface area contributed by atoms with E-state index < -0.39 is 6.10 Å². The highest BCUT2D eigenvalue weighted by atomic mass is 16.5. The van der Waals surface area contributed by atoms with Crippen molar-refractivity contribution in [3.8, 4) is 5.75 Å². The van der Waals surface area contributed by atoms with Crippen LogP contribution in [0.4, 0.5) is 11.6 Å². The van der Waals surface area contributed by atoms with E-state index in [1.54, 1.807) is 55.5 Å². The van der Waals surface area contributed by atoms with Gasteiger partial charge in [0.1, 0.15) is 5.75 Å². The highest BCUT2D eigenvalue weighted by Crippen LogP contribution is 2.34. The molecule has 1 aliphatic rings. The van der Waals surface area contributed by atoms with Crippen molar-refractivity contribution in [3.63, 3.8) is 0 Å². The van der Waals surface area contributed by atoms with Gasteiger partial charge >= 0.3 is 0 Å². The number of hydrogen-bond donors (Lipinski definition) is 1. The predicted molar refractivity (Wildman–Crippen MR) is 84.3 cm³/mol. The fraction of sp³-hybridized carbons (Fsp3) is 0.250. The first-order valence-electron chi connectivity index (χ1n) is 7.18. The van der Waals surface area contributed by atoms with Crippen LogP contribution in [-0.4, -0.2) is 34.9 Å². The zero-order valence-electron chi connectivity index (χ0n) is 12.8. The second kappa shape index (κ2) is 6.04. The third-order valence-electron chi connectivity index (χ3n) is 3.55. The Bertz CT molecular complexity index is 748. The Morgan fingerprint density at radius 1 is 1.35 bits per heavy atom. The molecule has 7 nitrogen and oxygen atoms in total. The minimum atomic E-state index is -0.503. The van der Waals surface area contributed by atoms with Gasteiger partial charge in [-0.2, -0.15) is 0 Å². The zero-order valence-corrected chi connectivity index (χ0v) is 12.8. The van der Waals surface area contributed by atoms with Crippen LogP contribution in [0.3, 0.4) is 0 Å². The molecule has 0 saturated heterocycles. The molecule has 2 aromatic rings. The lowest BCUT2D eigenvalue weighted by Crippen LogP contribution is -2.42. The lowest BCUT2D eigenvalue weighted by molar-refractivity contribution is -0.125. The molecule has 0 radical (unpaired) electrons. The molecule has 0 aliphatic carbocycles. The van der Waals surface area contributed by atoms with Gasteiger partial charge in [-0.3, -0.25) is 14.9 Å². The molecule has 23 heavy (non-hydrogen) atoms. The van der Waals surface area contributed by atoms with Gasteiger partial charge in [-0.15, -0.1) is 0 Å². The highest BCUT2D eigenvalue weighted by molar-refractivity contribution is 5.99. The van der Waals surface area contributed by atoms with Crippen molar-refractivity contribution in [2.75, 3.05) is 17.3 Å². The molecular formula is C16H16N4O3. The van der Waals surface area contributed by atoms with Crippen molar-refractivity contribution in [3.05, 3.63) is 42.2 Å². The maximum Gasteiger partial charge on any atom is 0.267 e. The summed E-state index contributed by atoms with van der Waals surface area (Å²) in [5.74, 6) is 0.557. The number of hydrogen-bond acceptors (Lipinski definition) is 5. The van der Waals surface area contributed by atoms with Crippen molar-refractivity contribution < 1.29 is 14.3 Å². The first-order chi connectivity index (χ1) is 11.0. The second-order valence-electron chi connectivity index (χ2n) is 5.26. The number of ether oxygens (including phenoxy) is 1. The number of nitrogens with one attached hydrogen (secondary N) is 1. The Kier molecular flexibility index (Phi) is 3.92. The molecule has 0 spiro atoms. The monoisotopic (exact) mass is 312 g/mol. The van der Waals surface area contributed by atoms with E-state index in [9.17, 15) is 9.59 Å². The molecule has 1 aromatic carbocycles. The van der Waals surface area contributed by atoms with Crippen LogP contribution in [0.1, 0.15) is 12.5 Å². The first-order valence-corrected chi connectivity index (χ1v) is 7.18. The van der Waals surface area contributed by atoms with E-state index in [1.807, 2.05) is 0 Å². The Morgan fingerprint density at radius 3 is 2.83 bits per heavy atom. The molecule has 2 heterocycles. The van der Waals surface area contributed by atoms with E-state index >= 15 is 0 Å². The van der Waals surface area contributed by atoms with E-state index in [-0.39, 0.29) is 24.2 Å². The minimum Gasteiger partial charge on any atom is -0.479 e. The van der Waals surface area contributed by atoms with Crippen LogP contribution in [0.25, 0.3) is 0 Å². The SMILES string of the molecule is CC1Oc2ccc(CC(=O)Nc3ncccn3)cc2N(C)C1=O. The summed E-state index contributed by atoms with van der Waals surface area (Å²) in [7, 11) is 1.70. The average molecular weight is 312 g/mol. The molecule has 1 aromatic heterocycles. The van der Waals surface area contributed by atoms with Crippen LogP contribution in [0.5, 0.6) is 5.75 Å². The van der Waals surface area contributed by atoms with E-state index in [0.29, 0.717) is 11.4 Å². The first kappa shape index (κ1) is 15.0. The number of aromatic nitrogens is 2. The molecule has 1 N–H and O–H groups in total. The van der Waals surface area contributed by atoms with Gasteiger partial charge in [0.2, 0.25) is 11.9 Å². The molecule has 0 fully saturated rings. The molecule has 7 heteroatoms. The van der Waals surface area contributed by atoms with Crippen molar-refractivity contribution in [1.29, 1.82) is 0 Å².